The van der Waals surface area contributed by atoms with E-state index in [1.54, 1.807) is 0 Å². The predicted molar refractivity (Wildman–Crippen MR) is 120 cm³/mol. The first kappa shape index (κ1) is 25.9. The van der Waals surface area contributed by atoms with Gasteiger partial charge in [0.1, 0.15) is 0 Å². The van der Waals surface area contributed by atoms with Crippen LogP contribution in [0.15, 0.2) is 0 Å². The fourth-order valence-electron chi connectivity index (χ4n) is 3.81. The van der Waals surface area contributed by atoms with E-state index in [1.807, 2.05) is 0 Å². The molecule has 0 heterocycles. The van der Waals surface area contributed by atoms with E-state index in [1.165, 1.54) is 116 Å². The molecular formula is C24H52N2. The second-order valence-corrected chi connectivity index (χ2v) is 8.56. The number of unbranched alkanes of at least 4 members (excludes halogenated alkanes) is 16. The minimum atomic E-state index is 0.216. The quantitative estimate of drug-likeness (QED) is 0.206. The van der Waals surface area contributed by atoms with Crippen molar-refractivity contribution in [2.24, 2.45) is 11.5 Å². The Bertz CT molecular complexity index is 229. The van der Waals surface area contributed by atoms with Crippen molar-refractivity contribution in [2.45, 2.75) is 154 Å². The molecule has 0 saturated carbocycles. The van der Waals surface area contributed by atoms with Crippen molar-refractivity contribution in [3.63, 3.8) is 0 Å². The summed E-state index contributed by atoms with van der Waals surface area (Å²) in [6.07, 6.45) is 27.1. The Morgan fingerprint density at radius 3 is 0.885 bits per heavy atom. The minimum Gasteiger partial charge on any atom is -0.326 e. The SMILES string of the molecule is CCCCCCCCCCCC(N)C(N)CCCCCCCCCCC. The van der Waals surface area contributed by atoms with Gasteiger partial charge in [-0.05, 0) is 12.8 Å². The maximum absolute atomic E-state index is 6.30. The summed E-state index contributed by atoms with van der Waals surface area (Å²) in [5, 5.41) is 0. The highest BCUT2D eigenvalue weighted by molar-refractivity contribution is 4.75. The molecule has 0 aromatic heterocycles. The Balaban J connectivity index is 3.31. The van der Waals surface area contributed by atoms with Gasteiger partial charge in [0, 0.05) is 12.1 Å². The van der Waals surface area contributed by atoms with E-state index in [-0.39, 0.29) is 12.1 Å². The molecule has 0 spiro atoms. The molecule has 0 bridgehead atoms. The van der Waals surface area contributed by atoms with Crippen molar-refractivity contribution in [1.82, 2.24) is 0 Å². The van der Waals surface area contributed by atoms with Gasteiger partial charge in [0.2, 0.25) is 0 Å². The molecule has 4 N–H and O–H groups in total. The normalized spacial score (nSPS) is 13.8. The predicted octanol–water partition coefficient (Wildman–Crippen LogP) is 7.48. The van der Waals surface area contributed by atoms with Gasteiger partial charge in [-0.1, -0.05) is 129 Å². The average Bonchev–Trinajstić information content (AvgIpc) is 2.65. The lowest BCUT2D eigenvalue weighted by Gasteiger charge is -2.19. The summed E-state index contributed by atoms with van der Waals surface area (Å²) in [4.78, 5) is 0. The Morgan fingerprint density at radius 2 is 0.615 bits per heavy atom. The number of rotatable bonds is 21. The zero-order valence-corrected chi connectivity index (χ0v) is 18.5. The van der Waals surface area contributed by atoms with Crippen molar-refractivity contribution in [1.29, 1.82) is 0 Å². The first-order valence-corrected chi connectivity index (χ1v) is 12.2. The molecule has 0 aliphatic carbocycles. The topological polar surface area (TPSA) is 52.0 Å². The average molecular weight is 369 g/mol. The van der Waals surface area contributed by atoms with Crippen LogP contribution < -0.4 is 11.5 Å². The van der Waals surface area contributed by atoms with Gasteiger partial charge in [-0.15, -0.1) is 0 Å². The van der Waals surface area contributed by atoms with Gasteiger partial charge in [-0.2, -0.15) is 0 Å². The highest BCUT2D eigenvalue weighted by atomic mass is 14.8. The lowest BCUT2D eigenvalue weighted by atomic mass is 9.96. The number of hydrogen-bond acceptors (Lipinski definition) is 2. The van der Waals surface area contributed by atoms with E-state index in [0.717, 1.165) is 12.8 Å². The first-order valence-electron chi connectivity index (χ1n) is 12.2. The van der Waals surface area contributed by atoms with Crippen LogP contribution in [-0.2, 0) is 0 Å². The molecule has 2 atom stereocenters. The van der Waals surface area contributed by atoms with Crippen LogP contribution in [0, 0.1) is 0 Å². The van der Waals surface area contributed by atoms with Gasteiger partial charge in [0.25, 0.3) is 0 Å². The highest BCUT2D eigenvalue weighted by Crippen LogP contribution is 2.14. The lowest BCUT2D eigenvalue weighted by Crippen LogP contribution is -2.41. The molecule has 0 aliphatic heterocycles. The molecule has 0 aromatic carbocycles. The highest BCUT2D eigenvalue weighted by Gasteiger charge is 2.12. The third-order valence-electron chi connectivity index (χ3n) is 5.83. The van der Waals surface area contributed by atoms with Crippen molar-refractivity contribution < 1.29 is 0 Å². The molecule has 0 radical (unpaired) electrons. The van der Waals surface area contributed by atoms with E-state index in [9.17, 15) is 0 Å². The van der Waals surface area contributed by atoms with Crippen LogP contribution in [0.25, 0.3) is 0 Å². The molecule has 0 rings (SSSR count). The summed E-state index contributed by atoms with van der Waals surface area (Å²) in [5.41, 5.74) is 12.6. The monoisotopic (exact) mass is 368 g/mol. The molecular weight excluding hydrogens is 316 g/mol. The maximum Gasteiger partial charge on any atom is 0.0192 e. The van der Waals surface area contributed by atoms with E-state index in [4.69, 9.17) is 11.5 Å². The number of nitrogens with two attached hydrogens (primary N) is 2. The second kappa shape index (κ2) is 21.2. The van der Waals surface area contributed by atoms with Gasteiger partial charge in [-0.3, -0.25) is 0 Å². The molecule has 2 unspecified atom stereocenters. The van der Waals surface area contributed by atoms with E-state index >= 15 is 0 Å². The maximum atomic E-state index is 6.30. The third-order valence-corrected chi connectivity index (χ3v) is 5.83. The molecule has 2 nitrogen and oxygen atoms in total. The summed E-state index contributed by atoms with van der Waals surface area (Å²) in [6.45, 7) is 4.56. The summed E-state index contributed by atoms with van der Waals surface area (Å²) in [6, 6.07) is 0.433. The molecule has 0 aromatic rings. The zero-order chi connectivity index (χ0) is 19.3. The molecule has 0 saturated heterocycles. The molecule has 26 heavy (non-hydrogen) atoms. The Morgan fingerprint density at radius 1 is 0.385 bits per heavy atom. The summed E-state index contributed by atoms with van der Waals surface area (Å²) >= 11 is 0. The van der Waals surface area contributed by atoms with Crippen LogP contribution in [0.2, 0.25) is 0 Å². The Labute approximate surface area is 166 Å². The molecule has 158 valence electrons. The van der Waals surface area contributed by atoms with Crippen molar-refractivity contribution in [3.05, 3.63) is 0 Å². The lowest BCUT2D eigenvalue weighted by molar-refractivity contribution is 0.428. The third kappa shape index (κ3) is 18.7. The van der Waals surface area contributed by atoms with Gasteiger partial charge in [-0.25, -0.2) is 0 Å². The zero-order valence-electron chi connectivity index (χ0n) is 18.5. The smallest absolute Gasteiger partial charge is 0.0192 e. The van der Waals surface area contributed by atoms with Gasteiger partial charge < -0.3 is 11.5 Å². The van der Waals surface area contributed by atoms with E-state index in [2.05, 4.69) is 13.8 Å². The van der Waals surface area contributed by atoms with Crippen LogP contribution in [0.5, 0.6) is 0 Å². The van der Waals surface area contributed by atoms with Gasteiger partial charge >= 0.3 is 0 Å². The molecule has 0 amide bonds. The summed E-state index contributed by atoms with van der Waals surface area (Å²) < 4.78 is 0. The second-order valence-electron chi connectivity index (χ2n) is 8.56. The molecule has 0 fully saturated rings. The van der Waals surface area contributed by atoms with Crippen LogP contribution in [0.1, 0.15) is 142 Å². The largest absolute Gasteiger partial charge is 0.326 e. The fourth-order valence-corrected chi connectivity index (χ4v) is 3.81. The van der Waals surface area contributed by atoms with E-state index in [0.29, 0.717) is 0 Å². The van der Waals surface area contributed by atoms with Gasteiger partial charge in [0.15, 0.2) is 0 Å². The fraction of sp³-hybridized carbons (Fsp3) is 1.00. The van der Waals surface area contributed by atoms with Crippen LogP contribution >= 0.6 is 0 Å². The molecule has 0 aliphatic rings. The van der Waals surface area contributed by atoms with Crippen LogP contribution in [0.4, 0.5) is 0 Å². The van der Waals surface area contributed by atoms with Crippen molar-refractivity contribution >= 4 is 0 Å². The van der Waals surface area contributed by atoms with Crippen LogP contribution in [0.3, 0.4) is 0 Å². The first-order chi connectivity index (χ1) is 12.7. The number of hydrogen-bond donors (Lipinski definition) is 2. The summed E-state index contributed by atoms with van der Waals surface area (Å²) in [5.74, 6) is 0. The van der Waals surface area contributed by atoms with Gasteiger partial charge in [0.05, 0.1) is 0 Å². The minimum absolute atomic E-state index is 0.216. The summed E-state index contributed by atoms with van der Waals surface area (Å²) in [7, 11) is 0. The van der Waals surface area contributed by atoms with E-state index < -0.39 is 0 Å². The molecule has 2 heteroatoms. The Hall–Kier alpha value is -0.0800. The Kier molecular flexibility index (Phi) is 21.2. The van der Waals surface area contributed by atoms with Crippen molar-refractivity contribution in [3.8, 4) is 0 Å². The standard InChI is InChI=1S/C24H52N2/c1-3-5-7-9-11-13-15-17-19-21-23(25)24(26)22-20-18-16-14-12-10-8-6-4-2/h23-24H,3-22,25-26H2,1-2H3. The van der Waals surface area contributed by atoms with Crippen molar-refractivity contribution in [2.75, 3.05) is 0 Å². The van der Waals surface area contributed by atoms with Crippen LogP contribution in [-0.4, -0.2) is 12.1 Å².